The van der Waals surface area contributed by atoms with E-state index in [2.05, 4.69) is 4.98 Å². The van der Waals surface area contributed by atoms with Crippen LogP contribution in [0.5, 0.6) is 0 Å². The summed E-state index contributed by atoms with van der Waals surface area (Å²) in [7, 11) is 0. The van der Waals surface area contributed by atoms with Crippen molar-refractivity contribution in [3.63, 3.8) is 0 Å². The maximum Gasteiger partial charge on any atom is 0.126 e. The maximum atomic E-state index is 12.3. The highest BCUT2D eigenvalue weighted by Crippen LogP contribution is 1.96. The number of nitrogens with zero attached hydrogens (tertiary/aromatic N) is 1. The average Bonchev–Trinajstić information content (AvgIpc) is 1.88. The number of hydrogen-bond donors (Lipinski definition) is 1. The van der Waals surface area contributed by atoms with E-state index >= 15 is 0 Å². The van der Waals surface area contributed by atoms with Gasteiger partial charge in [-0.2, -0.15) is 0 Å². The third-order valence-electron chi connectivity index (χ3n) is 0.988. The molecule has 0 atom stereocenters. The van der Waals surface area contributed by atoms with Gasteiger partial charge in [0.05, 0.1) is 5.69 Å². The standard InChI is InChI=1S/C6H7FN2.ClH/c7-5-1-2-9-6(3-5)4-8;/h1-3H,4,8H2;1H. The molecule has 10 heavy (non-hydrogen) atoms. The molecule has 0 saturated carbocycles. The fraction of sp³-hybridized carbons (Fsp3) is 0.167. The van der Waals surface area contributed by atoms with Crippen molar-refractivity contribution in [2.24, 2.45) is 5.73 Å². The molecule has 0 unspecified atom stereocenters. The fourth-order valence-electron chi connectivity index (χ4n) is 0.560. The fourth-order valence-corrected chi connectivity index (χ4v) is 0.560. The minimum absolute atomic E-state index is 0. The van der Waals surface area contributed by atoms with E-state index in [9.17, 15) is 4.39 Å². The van der Waals surface area contributed by atoms with Gasteiger partial charge in [0.15, 0.2) is 0 Å². The first-order valence-corrected chi connectivity index (χ1v) is 2.63. The molecule has 1 aromatic rings. The van der Waals surface area contributed by atoms with Gasteiger partial charge in [-0.25, -0.2) is 4.39 Å². The molecule has 0 aliphatic rings. The molecule has 0 aliphatic carbocycles. The summed E-state index contributed by atoms with van der Waals surface area (Å²) in [6.45, 7) is 0.289. The van der Waals surface area contributed by atoms with E-state index in [0.717, 1.165) is 0 Å². The number of aromatic nitrogens is 1. The highest BCUT2D eigenvalue weighted by molar-refractivity contribution is 5.85. The van der Waals surface area contributed by atoms with Crippen LogP contribution in [0.1, 0.15) is 5.69 Å². The molecule has 0 spiro atoms. The normalized spacial score (nSPS) is 8.60. The number of pyridine rings is 1. The zero-order chi connectivity index (χ0) is 6.69. The van der Waals surface area contributed by atoms with Crippen LogP contribution in [0.3, 0.4) is 0 Å². The van der Waals surface area contributed by atoms with Crippen molar-refractivity contribution in [1.29, 1.82) is 0 Å². The first kappa shape index (κ1) is 9.33. The summed E-state index contributed by atoms with van der Waals surface area (Å²) >= 11 is 0. The van der Waals surface area contributed by atoms with Crippen molar-refractivity contribution in [2.45, 2.75) is 6.54 Å². The van der Waals surface area contributed by atoms with Gasteiger partial charge in [-0.1, -0.05) is 0 Å². The van der Waals surface area contributed by atoms with E-state index in [4.69, 9.17) is 5.73 Å². The molecule has 0 saturated heterocycles. The Morgan fingerprint density at radius 3 is 2.70 bits per heavy atom. The first-order valence-electron chi connectivity index (χ1n) is 2.63. The molecule has 1 aromatic heterocycles. The highest BCUT2D eigenvalue weighted by Gasteiger charge is 1.90. The molecule has 4 heteroatoms. The number of nitrogens with two attached hydrogens (primary N) is 1. The van der Waals surface area contributed by atoms with Crippen LogP contribution in [-0.4, -0.2) is 4.98 Å². The summed E-state index contributed by atoms with van der Waals surface area (Å²) in [6, 6.07) is 2.61. The molecule has 0 fully saturated rings. The van der Waals surface area contributed by atoms with Crippen LogP contribution in [0.25, 0.3) is 0 Å². The zero-order valence-electron chi connectivity index (χ0n) is 5.25. The smallest absolute Gasteiger partial charge is 0.126 e. The lowest BCUT2D eigenvalue weighted by Gasteiger charge is -1.92. The summed E-state index contributed by atoms with van der Waals surface area (Å²) < 4.78 is 12.3. The second-order valence-corrected chi connectivity index (χ2v) is 1.67. The monoisotopic (exact) mass is 162 g/mol. The molecule has 0 bridgehead atoms. The van der Waals surface area contributed by atoms with Gasteiger partial charge in [0, 0.05) is 12.7 Å². The van der Waals surface area contributed by atoms with E-state index in [-0.39, 0.29) is 24.8 Å². The van der Waals surface area contributed by atoms with Gasteiger partial charge in [0.1, 0.15) is 5.82 Å². The Balaban J connectivity index is 0.000000810. The molecule has 2 nitrogen and oxygen atoms in total. The number of rotatable bonds is 1. The number of halogens is 2. The molecular weight excluding hydrogens is 155 g/mol. The largest absolute Gasteiger partial charge is 0.325 e. The van der Waals surface area contributed by atoms with Gasteiger partial charge < -0.3 is 5.73 Å². The highest BCUT2D eigenvalue weighted by atomic mass is 35.5. The predicted molar refractivity (Wildman–Crippen MR) is 39.3 cm³/mol. The predicted octanol–water partition coefficient (Wildman–Crippen LogP) is 1.10. The van der Waals surface area contributed by atoms with Gasteiger partial charge in [-0.05, 0) is 12.1 Å². The van der Waals surface area contributed by atoms with E-state index in [0.29, 0.717) is 5.69 Å². The first-order chi connectivity index (χ1) is 4.33. The molecule has 1 rings (SSSR count). The summed E-state index contributed by atoms with van der Waals surface area (Å²) in [5.74, 6) is -0.287. The van der Waals surface area contributed by atoms with Crippen molar-refractivity contribution in [3.05, 3.63) is 29.8 Å². The molecule has 0 radical (unpaired) electrons. The second-order valence-electron chi connectivity index (χ2n) is 1.67. The van der Waals surface area contributed by atoms with Crippen LogP contribution < -0.4 is 5.73 Å². The van der Waals surface area contributed by atoms with E-state index in [1.807, 2.05) is 0 Å². The van der Waals surface area contributed by atoms with Gasteiger partial charge in [0.2, 0.25) is 0 Å². The topological polar surface area (TPSA) is 38.9 Å². The molecule has 0 aliphatic heterocycles. The van der Waals surface area contributed by atoms with Crippen LogP contribution in [0.15, 0.2) is 18.3 Å². The Kier molecular flexibility index (Phi) is 3.91. The molecule has 0 amide bonds. The molecule has 0 aromatic carbocycles. The third kappa shape index (κ3) is 2.29. The Morgan fingerprint density at radius 2 is 2.30 bits per heavy atom. The zero-order valence-corrected chi connectivity index (χ0v) is 6.07. The molecule has 2 N–H and O–H groups in total. The lowest BCUT2D eigenvalue weighted by molar-refractivity contribution is 0.622. The summed E-state index contributed by atoms with van der Waals surface area (Å²) in [5, 5.41) is 0. The van der Waals surface area contributed by atoms with Crippen molar-refractivity contribution in [1.82, 2.24) is 4.98 Å². The van der Waals surface area contributed by atoms with E-state index in [1.54, 1.807) is 0 Å². The van der Waals surface area contributed by atoms with Crippen LogP contribution >= 0.6 is 12.4 Å². The van der Waals surface area contributed by atoms with Gasteiger partial charge in [-0.3, -0.25) is 4.98 Å². The van der Waals surface area contributed by atoms with Crippen molar-refractivity contribution in [2.75, 3.05) is 0 Å². The van der Waals surface area contributed by atoms with Gasteiger partial charge in [0.25, 0.3) is 0 Å². The van der Waals surface area contributed by atoms with E-state index < -0.39 is 0 Å². The van der Waals surface area contributed by atoms with Crippen LogP contribution in [-0.2, 0) is 6.54 Å². The van der Waals surface area contributed by atoms with Crippen molar-refractivity contribution >= 4 is 12.4 Å². The molecule has 1 heterocycles. The Hall–Kier alpha value is -0.670. The van der Waals surface area contributed by atoms with Crippen molar-refractivity contribution in [3.8, 4) is 0 Å². The minimum Gasteiger partial charge on any atom is -0.325 e. The van der Waals surface area contributed by atoms with Crippen LogP contribution in [0, 0.1) is 5.82 Å². The lowest BCUT2D eigenvalue weighted by atomic mass is 10.3. The minimum atomic E-state index is -0.287. The Labute approximate surface area is 64.7 Å². The van der Waals surface area contributed by atoms with Crippen molar-refractivity contribution < 1.29 is 4.39 Å². The van der Waals surface area contributed by atoms with Gasteiger partial charge in [-0.15, -0.1) is 12.4 Å². The second kappa shape index (κ2) is 4.19. The van der Waals surface area contributed by atoms with Crippen LogP contribution in [0.4, 0.5) is 4.39 Å². The lowest BCUT2D eigenvalue weighted by Crippen LogP contribution is -1.98. The summed E-state index contributed by atoms with van der Waals surface area (Å²) in [5.41, 5.74) is 5.77. The summed E-state index contributed by atoms with van der Waals surface area (Å²) in [4.78, 5) is 3.79. The SMILES string of the molecule is Cl.NCc1cc(F)ccn1. The summed E-state index contributed by atoms with van der Waals surface area (Å²) in [6.07, 6.45) is 1.40. The maximum absolute atomic E-state index is 12.3. The quantitative estimate of drug-likeness (QED) is 0.672. The average molecular weight is 163 g/mol. The van der Waals surface area contributed by atoms with E-state index in [1.165, 1.54) is 18.3 Å². The molecule has 56 valence electrons. The van der Waals surface area contributed by atoms with Crippen LogP contribution in [0.2, 0.25) is 0 Å². The van der Waals surface area contributed by atoms with Gasteiger partial charge >= 0.3 is 0 Å². The Bertz CT molecular complexity index is 205. The number of hydrogen-bond acceptors (Lipinski definition) is 2. The Morgan fingerprint density at radius 1 is 1.60 bits per heavy atom. The third-order valence-corrected chi connectivity index (χ3v) is 0.988. The molecular formula is C6H8ClFN2.